The molecule has 0 aliphatic carbocycles. The van der Waals surface area contributed by atoms with Crippen molar-refractivity contribution in [2.75, 3.05) is 13.2 Å². The maximum absolute atomic E-state index is 8.90. The molecule has 0 aromatic heterocycles. The fourth-order valence-corrected chi connectivity index (χ4v) is 1.59. The third kappa shape index (κ3) is 4.39. The summed E-state index contributed by atoms with van der Waals surface area (Å²) in [6.45, 7) is 0.806. The highest BCUT2D eigenvalue weighted by atomic mass is 35.5. The fourth-order valence-electron chi connectivity index (χ4n) is 1.33. The lowest BCUT2D eigenvalue weighted by Crippen LogP contribution is -1.99. The molecule has 3 nitrogen and oxygen atoms in total. The van der Waals surface area contributed by atoms with Crippen molar-refractivity contribution in [2.45, 2.75) is 25.9 Å². The van der Waals surface area contributed by atoms with Gasteiger partial charge in [0, 0.05) is 6.61 Å². The van der Waals surface area contributed by atoms with Crippen molar-refractivity contribution in [3.63, 3.8) is 0 Å². The molecule has 0 fully saturated rings. The second kappa shape index (κ2) is 7.49. The molecule has 0 saturated heterocycles. The van der Waals surface area contributed by atoms with Gasteiger partial charge in [-0.1, -0.05) is 17.7 Å². The maximum Gasteiger partial charge on any atom is 0.137 e. The number of aliphatic hydroxyl groups excluding tert-OH is 2. The molecule has 0 unspecified atom stereocenters. The van der Waals surface area contributed by atoms with Crippen LogP contribution in [0.1, 0.15) is 24.8 Å². The molecule has 90 valence electrons. The van der Waals surface area contributed by atoms with E-state index in [1.165, 1.54) is 0 Å². The van der Waals surface area contributed by atoms with Gasteiger partial charge >= 0.3 is 0 Å². The minimum absolute atomic E-state index is 0.0174. The van der Waals surface area contributed by atoms with Gasteiger partial charge in [-0.25, -0.2) is 0 Å². The lowest BCUT2D eigenvalue weighted by Gasteiger charge is -2.08. The van der Waals surface area contributed by atoms with E-state index < -0.39 is 0 Å². The normalized spacial score (nSPS) is 10.4. The smallest absolute Gasteiger partial charge is 0.137 e. The average molecular weight is 245 g/mol. The minimum atomic E-state index is -0.0174. The third-order valence-corrected chi connectivity index (χ3v) is 2.53. The Balaban J connectivity index is 2.36. The van der Waals surface area contributed by atoms with Crippen molar-refractivity contribution >= 4 is 11.6 Å². The SMILES string of the molecule is OCCCCCOc1ccc(CO)cc1Cl. The van der Waals surface area contributed by atoms with E-state index in [1.807, 2.05) is 0 Å². The first kappa shape index (κ1) is 13.3. The van der Waals surface area contributed by atoms with Gasteiger partial charge in [-0.2, -0.15) is 0 Å². The van der Waals surface area contributed by atoms with Gasteiger partial charge in [-0.3, -0.25) is 0 Å². The van der Waals surface area contributed by atoms with E-state index in [4.69, 9.17) is 26.6 Å². The zero-order chi connectivity index (χ0) is 11.8. The number of ether oxygens (including phenoxy) is 1. The van der Waals surface area contributed by atoms with Crippen molar-refractivity contribution in [3.05, 3.63) is 28.8 Å². The summed E-state index contributed by atoms with van der Waals surface area (Å²) in [6, 6.07) is 5.25. The molecule has 0 saturated carbocycles. The average Bonchev–Trinajstić information content (AvgIpc) is 2.30. The topological polar surface area (TPSA) is 49.7 Å². The standard InChI is InChI=1S/C12H17ClO3/c13-11-8-10(9-15)4-5-12(11)16-7-3-1-2-6-14/h4-5,8,14-15H,1-3,6-7,9H2. The molecule has 1 aromatic carbocycles. The Morgan fingerprint density at radius 1 is 1.12 bits per heavy atom. The molecule has 1 aromatic rings. The van der Waals surface area contributed by atoms with Gasteiger partial charge in [0.15, 0.2) is 0 Å². The van der Waals surface area contributed by atoms with Crippen LogP contribution >= 0.6 is 11.6 Å². The van der Waals surface area contributed by atoms with Gasteiger partial charge in [0.1, 0.15) is 5.75 Å². The van der Waals surface area contributed by atoms with Crippen LogP contribution in [0.4, 0.5) is 0 Å². The largest absolute Gasteiger partial charge is 0.492 e. The molecule has 0 heterocycles. The van der Waals surface area contributed by atoms with E-state index in [2.05, 4.69) is 0 Å². The number of rotatable bonds is 7. The van der Waals surface area contributed by atoms with Crippen LogP contribution in [0, 0.1) is 0 Å². The Morgan fingerprint density at radius 3 is 2.56 bits per heavy atom. The zero-order valence-corrected chi connectivity index (χ0v) is 9.91. The Kier molecular flexibility index (Phi) is 6.23. The molecule has 0 radical (unpaired) electrons. The van der Waals surface area contributed by atoms with Gasteiger partial charge in [0.2, 0.25) is 0 Å². The molecular weight excluding hydrogens is 228 g/mol. The Hall–Kier alpha value is -0.770. The van der Waals surface area contributed by atoms with Crippen LogP contribution in [0.3, 0.4) is 0 Å². The zero-order valence-electron chi connectivity index (χ0n) is 9.16. The Morgan fingerprint density at radius 2 is 1.94 bits per heavy atom. The van der Waals surface area contributed by atoms with E-state index in [1.54, 1.807) is 18.2 Å². The number of halogens is 1. The highest BCUT2D eigenvalue weighted by molar-refractivity contribution is 6.32. The highest BCUT2D eigenvalue weighted by Crippen LogP contribution is 2.25. The van der Waals surface area contributed by atoms with Gasteiger partial charge in [-0.05, 0) is 37.0 Å². The van der Waals surface area contributed by atoms with Crippen molar-refractivity contribution in [1.82, 2.24) is 0 Å². The number of hydrogen-bond acceptors (Lipinski definition) is 3. The number of aliphatic hydroxyl groups is 2. The monoisotopic (exact) mass is 244 g/mol. The Bertz CT molecular complexity index is 315. The lowest BCUT2D eigenvalue weighted by molar-refractivity contribution is 0.266. The summed E-state index contributed by atoms with van der Waals surface area (Å²) in [5, 5.41) is 18.0. The molecule has 4 heteroatoms. The lowest BCUT2D eigenvalue weighted by atomic mass is 10.2. The number of unbranched alkanes of at least 4 members (excludes halogenated alkanes) is 2. The van der Waals surface area contributed by atoms with Crippen LogP contribution in [0.5, 0.6) is 5.75 Å². The summed E-state index contributed by atoms with van der Waals surface area (Å²) in [4.78, 5) is 0. The van der Waals surface area contributed by atoms with Crippen molar-refractivity contribution in [2.24, 2.45) is 0 Å². The first-order valence-electron chi connectivity index (χ1n) is 5.41. The van der Waals surface area contributed by atoms with Crippen molar-refractivity contribution in [3.8, 4) is 5.75 Å². The van der Waals surface area contributed by atoms with Crippen LogP contribution in [0.15, 0.2) is 18.2 Å². The molecule has 0 aliphatic rings. The maximum atomic E-state index is 8.90. The summed E-state index contributed by atoms with van der Waals surface area (Å²) in [6.07, 6.45) is 2.65. The molecule has 0 spiro atoms. The molecule has 0 atom stereocenters. The quantitative estimate of drug-likeness (QED) is 0.724. The summed E-state index contributed by atoms with van der Waals surface area (Å²) in [7, 11) is 0. The molecule has 2 N–H and O–H groups in total. The van der Waals surface area contributed by atoms with Gasteiger partial charge in [0.05, 0.1) is 18.2 Å². The summed E-state index contributed by atoms with van der Waals surface area (Å²) in [5.41, 5.74) is 0.776. The minimum Gasteiger partial charge on any atom is -0.492 e. The Labute approximate surface area is 101 Å². The molecule has 0 bridgehead atoms. The van der Waals surface area contributed by atoms with Crippen LogP contribution in [-0.2, 0) is 6.61 Å². The van der Waals surface area contributed by atoms with Crippen LogP contribution in [0.25, 0.3) is 0 Å². The first-order valence-corrected chi connectivity index (χ1v) is 5.78. The van der Waals surface area contributed by atoms with Crippen molar-refractivity contribution < 1.29 is 14.9 Å². The van der Waals surface area contributed by atoms with Crippen LogP contribution in [0.2, 0.25) is 5.02 Å². The van der Waals surface area contributed by atoms with E-state index in [9.17, 15) is 0 Å². The van der Waals surface area contributed by atoms with E-state index in [-0.39, 0.29) is 13.2 Å². The third-order valence-electron chi connectivity index (χ3n) is 2.24. The number of benzene rings is 1. The van der Waals surface area contributed by atoms with Gasteiger partial charge in [-0.15, -0.1) is 0 Å². The summed E-state index contributed by atoms with van der Waals surface area (Å²) < 4.78 is 5.49. The molecule has 0 aliphatic heterocycles. The predicted molar refractivity (Wildman–Crippen MR) is 63.8 cm³/mol. The molecule has 0 amide bonds. The summed E-state index contributed by atoms with van der Waals surface area (Å²) >= 11 is 5.97. The molecular formula is C12H17ClO3. The van der Waals surface area contributed by atoms with E-state index in [0.717, 1.165) is 24.8 Å². The van der Waals surface area contributed by atoms with Crippen molar-refractivity contribution in [1.29, 1.82) is 0 Å². The fraction of sp³-hybridized carbons (Fsp3) is 0.500. The molecule has 16 heavy (non-hydrogen) atoms. The molecule has 1 rings (SSSR count). The first-order chi connectivity index (χ1) is 7.77. The number of hydrogen-bond donors (Lipinski definition) is 2. The second-order valence-corrected chi connectivity index (χ2v) is 3.96. The highest BCUT2D eigenvalue weighted by Gasteiger charge is 2.02. The summed E-state index contributed by atoms with van der Waals surface area (Å²) in [5.74, 6) is 0.642. The predicted octanol–water partition coefficient (Wildman–Crippen LogP) is 2.37. The van der Waals surface area contributed by atoms with Crippen LogP contribution in [-0.4, -0.2) is 23.4 Å². The van der Waals surface area contributed by atoms with E-state index >= 15 is 0 Å². The van der Waals surface area contributed by atoms with Crippen LogP contribution < -0.4 is 4.74 Å². The van der Waals surface area contributed by atoms with Gasteiger partial charge in [0.25, 0.3) is 0 Å². The van der Waals surface area contributed by atoms with Gasteiger partial charge < -0.3 is 14.9 Å². The van der Waals surface area contributed by atoms with E-state index in [0.29, 0.717) is 17.4 Å². The second-order valence-electron chi connectivity index (χ2n) is 3.56.